The lowest BCUT2D eigenvalue weighted by atomic mass is 10.0. The SMILES string of the molecule is CCNC(c1cc2ccccc2o1)c1cn(C)nc1CC. The highest BCUT2D eigenvalue weighted by Gasteiger charge is 2.22. The molecule has 0 fully saturated rings. The Balaban J connectivity index is 2.08. The maximum Gasteiger partial charge on any atom is 0.134 e. The van der Waals surface area contributed by atoms with Crippen LogP contribution < -0.4 is 5.32 Å². The van der Waals surface area contributed by atoms with Gasteiger partial charge in [-0.15, -0.1) is 0 Å². The van der Waals surface area contributed by atoms with Gasteiger partial charge in [-0.2, -0.15) is 5.10 Å². The summed E-state index contributed by atoms with van der Waals surface area (Å²) in [5.41, 5.74) is 3.24. The first kappa shape index (κ1) is 13.9. The van der Waals surface area contributed by atoms with Crippen molar-refractivity contribution in [1.82, 2.24) is 15.1 Å². The summed E-state index contributed by atoms with van der Waals surface area (Å²) in [7, 11) is 1.96. The Morgan fingerprint density at radius 1 is 1.29 bits per heavy atom. The van der Waals surface area contributed by atoms with Crippen molar-refractivity contribution >= 4 is 11.0 Å². The van der Waals surface area contributed by atoms with Crippen molar-refractivity contribution in [2.75, 3.05) is 6.54 Å². The molecule has 1 unspecified atom stereocenters. The zero-order valence-electron chi connectivity index (χ0n) is 12.8. The maximum absolute atomic E-state index is 6.05. The van der Waals surface area contributed by atoms with E-state index in [-0.39, 0.29) is 6.04 Å². The van der Waals surface area contributed by atoms with Gasteiger partial charge in [0.1, 0.15) is 11.3 Å². The van der Waals surface area contributed by atoms with Crippen molar-refractivity contribution in [2.45, 2.75) is 26.3 Å². The van der Waals surface area contributed by atoms with Gasteiger partial charge in [0.2, 0.25) is 0 Å². The Kier molecular flexibility index (Phi) is 3.80. The second-order valence-electron chi connectivity index (χ2n) is 5.24. The van der Waals surface area contributed by atoms with E-state index in [0.717, 1.165) is 35.4 Å². The Morgan fingerprint density at radius 2 is 2.10 bits per heavy atom. The number of hydrogen-bond donors (Lipinski definition) is 1. The molecule has 0 saturated heterocycles. The summed E-state index contributed by atoms with van der Waals surface area (Å²) in [4.78, 5) is 0. The van der Waals surface area contributed by atoms with Crippen molar-refractivity contribution in [3.8, 4) is 0 Å². The Hall–Kier alpha value is -2.07. The highest BCUT2D eigenvalue weighted by atomic mass is 16.3. The zero-order chi connectivity index (χ0) is 14.8. The largest absolute Gasteiger partial charge is 0.459 e. The molecule has 0 aliphatic heterocycles. The van der Waals surface area contributed by atoms with Crippen LogP contribution in [0.2, 0.25) is 0 Å². The number of benzene rings is 1. The van der Waals surface area contributed by atoms with E-state index in [0.29, 0.717) is 0 Å². The molecule has 21 heavy (non-hydrogen) atoms. The first-order valence-corrected chi connectivity index (χ1v) is 7.47. The minimum atomic E-state index is 0.0473. The van der Waals surface area contributed by atoms with E-state index in [1.54, 1.807) is 0 Å². The standard InChI is InChI=1S/C17H21N3O/c1-4-14-13(11-20(3)19-14)17(18-5-2)16-10-12-8-6-7-9-15(12)21-16/h6-11,17-18H,4-5H2,1-3H3. The fourth-order valence-electron chi connectivity index (χ4n) is 2.78. The summed E-state index contributed by atoms with van der Waals surface area (Å²) < 4.78 is 7.92. The van der Waals surface area contributed by atoms with E-state index < -0.39 is 0 Å². The van der Waals surface area contributed by atoms with Crippen LogP contribution in [0.25, 0.3) is 11.0 Å². The van der Waals surface area contributed by atoms with Crippen molar-refractivity contribution in [2.24, 2.45) is 7.05 Å². The monoisotopic (exact) mass is 283 g/mol. The molecule has 1 aromatic carbocycles. The van der Waals surface area contributed by atoms with Crippen LogP contribution in [-0.4, -0.2) is 16.3 Å². The van der Waals surface area contributed by atoms with E-state index in [4.69, 9.17) is 4.42 Å². The number of para-hydroxylation sites is 1. The fraction of sp³-hybridized carbons (Fsp3) is 0.353. The predicted molar refractivity (Wildman–Crippen MR) is 84.3 cm³/mol. The summed E-state index contributed by atoms with van der Waals surface area (Å²) in [5.74, 6) is 0.945. The molecular formula is C17H21N3O. The lowest BCUT2D eigenvalue weighted by molar-refractivity contribution is 0.475. The van der Waals surface area contributed by atoms with Crippen molar-refractivity contribution in [3.63, 3.8) is 0 Å². The van der Waals surface area contributed by atoms with Gasteiger partial charge in [0.25, 0.3) is 0 Å². The van der Waals surface area contributed by atoms with E-state index in [2.05, 4.69) is 42.6 Å². The molecule has 0 saturated carbocycles. The highest BCUT2D eigenvalue weighted by Crippen LogP contribution is 2.29. The molecule has 110 valence electrons. The van der Waals surface area contributed by atoms with Crippen molar-refractivity contribution in [3.05, 3.63) is 53.5 Å². The number of rotatable bonds is 5. The van der Waals surface area contributed by atoms with Crippen LogP contribution in [0.3, 0.4) is 0 Å². The van der Waals surface area contributed by atoms with E-state index in [1.807, 2.05) is 29.9 Å². The molecule has 1 atom stereocenters. The van der Waals surface area contributed by atoms with Gasteiger partial charge in [-0.25, -0.2) is 0 Å². The molecule has 2 heterocycles. The van der Waals surface area contributed by atoms with Crippen LogP contribution >= 0.6 is 0 Å². The molecule has 0 bridgehead atoms. The molecule has 0 radical (unpaired) electrons. The molecule has 0 aliphatic rings. The van der Waals surface area contributed by atoms with Gasteiger partial charge in [0.05, 0.1) is 11.7 Å². The number of fused-ring (bicyclic) bond motifs is 1. The number of furan rings is 1. The third-order valence-corrected chi connectivity index (χ3v) is 3.72. The van der Waals surface area contributed by atoms with Gasteiger partial charge in [0, 0.05) is 24.2 Å². The topological polar surface area (TPSA) is 43.0 Å². The molecule has 1 N–H and O–H groups in total. The van der Waals surface area contributed by atoms with Gasteiger partial charge in [-0.1, -0.05) is 32.0 Å². The van der Waals surface area contributed by atoms with Crippen LogP contribution in [-0.2, 0) is 13.5 Å². The summed E-state index contributed by atoms with van der Waals surface area (Å²) >= 11 is 0. The van der Waals surface area contributed by atoms with Gasteiger partial charge in [-0.3, -0.25) is 4.68 Å². The smallest absolute Gasteiger partial charge is 0.134 e. The Labute approximate surface area is 124 Å². The zero-order valence-corrected chi connectivity index (χ0v) is 12.8. The Bertz CT molecular complexity index is 708. The van der Waals surface area contributed by atoms with Crippen LogP contribution in [0.5, 0.6) is 0 Å². The number of hydrogen-bond acceptors (Lipinski definition) is 3. The molecule has 4 heteroatoms. The molecule has 3 aromatic rings. The molecule has 3 rings (SSSR count). The highest BCUT2D eigenvalue weighted by molar-refractivity contribution is 5.78. The number of aromatic nitrogens is 2. The third kappa shape index (κ3) is 2.59. The predicted octanol–water partition coefficient (Wildman–Crippen LogP) is 3.43. The van der Waals surface area contributed by atoms with Crippen molar-refractivity contribution < 1.29 is 4.42 Å². The second kappa shape index (κ2) is 5.74. The summed E-state index contributed by atoms with van der Waals surface area (Å²) in [6.45, 7) is 5.12. The fourth-order valence-corrected chi connectivity index (χ4v) is 2.78. The third-order valence-electron chi connectivity index (χ3n) is 3.72. The minimum absolute atomic E-state index is 0.0473. The molecule has 0 amide bonds. The Morgan fingerprint density at radius 3 is 2.81 bits per heavy atom. The minimum Gasteiger partial charge on any atom is -0.459 e. The van der Waals surface area contributed by atoms with Gasteiger partial charge >= 0.3 is 0 Å². The normalized spacial score (nSPS) is 12.9. The van der Waals surface area contributed by atoms with Crippen LogP contribution in [0.4, 0.5) is 0 Å². The first-order chi connectivity index (χ1) is 10.2. The molecule has 0 aliphatic carbocycles. The van der Waals surface area contributed by atoms with Gasteiger partial charge < -0.3 is 9.73 Å². The molecule has 2 aromatic heterocycles. The average molecular weight is 283 g/mol. The van der Waals surface area contributed by atoms with Crippen LogP contribution in [0.1, 0.15) is 36.9 Å². The molecular weight excluding hydrogens is 262 g/mol. The lowest BCUT2D eigenvalue weighted by Crippen LogP contribution is -2.22. The quantitative estimate of drug-likeness (QED) is 0.780. The van der Waals surface area contributed by atoms with E-state index in [1.165, 1.54) is 5.56 Å². The summed E-state index contributed by atoms with van der Waals surface area (Å²) in [6.07, 6.45) is 3.00. The maximum atomic E-state index is 6.05. The van der Waals surface area contributed by atoms with Crippen LogP contribution in [0.15, 0.2) is 40.9 Å². The lowest BCUT2D eigenvalue weighted by Gasteiger charge is -2.15. The van der Waals surface area contributed by atoms with Gasteiger partial charge in [0.15, 0.2) is 0 Å². The molecule has 0 spiro atoms. The van der Waals surface area contributed by atoms with E-state index >= 15 is 0 Å². The number of aryl methyl sites for hydroxylation is 2. The number of nitrogens with zero attached hydrogens (tertiary/aromatic N) is 2. The molecule has 4 nitrogen and oxygen atoms in total. The van der Waals surface area contributed by atoms with E-state index in [9.17, 15) is 0 Å². The van der Waals surface area contributed by atoms with Gasteiger partial charge in [-0.05, 0) is 25.1 Å². The number of nitrogens with one attached hydrogen (secondary N) is 1. The summed E-state index contributed by atoms with van der Waals surface area (Å²) in [5, 5.41) is 9.20. The second-order valence-corrected chi connectivity index (χ2v) is 5.24. The van der Waals surface area contributed by atoms with Crippen LogP contribution in [0, 0.1) is 0 Å². The average Bonchev–Trinajstić information content (AvgIpc) is 3.07. The first-order valence-electron chi connectivity index (χ1n) is 7.47. The summed E-state index contributed by atoms with van der Waals surface area (Å²) in [6, 6.07) is 10.3. The van der Waals surface area contributed by atoms with Crippen molar-refractivity contribution in [1.29, 1.82) is 0 Å².